The second-order valence-electron chi connectivity index (χ2n) is 3.93. The van der Waals surface area contributed by atoms with Crippen LogP contribution in [0.25, 0.3) is 5.69 Å². The van der Waals surface area contributed by atoms with Crippen LogP contribution < -0.4 is 5.73 Å². The number of aryl methyl sites for hydroxylation is 2. The summed E-state index contributed by atoms with van der Waals surface area (Å²) in [6, 6.07) is 5.73. The zero-order valence-corrected chi connectivity index (χ0v) is 9.64. The van der Waals surface area contributed by atoms with Gasteiger partial charge in [-0.05, 0) is 37.1 Å². The summed E-state index contributed by atoms with van der Waals surface area (Å²) in [4.78, 5) is 10.9. The first kappa shape index (κ1) is 11.2. The van der Waals surface area contributed by atoms with Crippen LogP contribution in [0, 0.1) is 13.8 Å². The largest absolute Gasteiger partial charge is 0.477 e. The predicted molar refractivity (Wildman–Crippen MR) is 64.4 cm³/mol. The second kappa shape index (κ2) is 3.93. The van der Waals surface area contributed by atoms with Gasteiger partial charge < -0.3 is 10.8 Å². The van der Waals surface area contributed by atoms with Crippen LogP contribution in [0.1, 0.15) is 21.5 Å². The summed E-state index contributed by atoms with van der Waals surface area (Å²) in [5, 5.41) is 12.9. The quantitative estimate of drug-likeness (QED) is 0.825. The van der Waals surface area contributed by atoms with E-state index >= 15 is 0 Å². The maximum atomic E-state index is 10.9. The van der Waals surface area contributed by atoms with Crippen LogP contribution in [0.2, 0.25) is 0 Å². The van der Waals surface area contributed by atoms with Crippen molar-refractivity contribution in [1.29, 1.82) is 0 Å². The maximum Gasteiger partial charge on any atom is 0.341 e. The Kier molecular flexibility index (Phi) is 2.59. The summed E-state index contributed by atoms with van der Waals surface area (Å²) < 4.78 is 1.43. The highest BCUT2D eigenvalue weighted by Crippen LogP contribution is 2.19. The molecule has 0 saturated heterocycles. The van der Waals surface area contributed by atoms with Gasteiger partial charge in [-0.15, -0.1) is 0 Å². The Morgan fingerprint density at radius 2 is 2.06 bits per heavy atom. The minimum atomic E-state index is -1.07. The summed E-state index contributed by atoms with van der Waals surface area (Å²) in [6.07, 6.45) is 1.26. The number of aromatic carboxylic acids is 1. The molecule has 0 saturated carbocycles. The monoisotopic (exact) mass is 231 g/mol. The van der Waals surface area contributed by atoms with Gasteiger partial charge in [-0.3, -0.25) is 0 Å². The summed E-state index contributed by atoms with van der Waals surface area (Å²) in [6.45, 7) is 3.99. The number of carboxylic acids is 1. The molecule has 0 aliphatic carbocycles. The Morgan fingerprint density at radius 1 is 1.35 bits per heavy atom. The van der Waals surface area contributed by atoms with Crippen LogP contribution in [0.3, 0.4) is 0 Å². The van der Waals surface area contributed by atoms with Gasteiger partial charge in [0.05, 0.1) is 11.9 Å². The van der Waals surface area contributed by atoms with Crippen LogP contribution in [0.4, 0.5) is 5.82 Å². The van der Waals surface area contributed by atoms with Crippen molar-refractivity contribution < 1.29 is 9.90 Å². The Bertz CT molecular complexity index is 587. The fraction of sp³-hybridized carbons (Fsp3) is 0.167. The number of carboxylic acid groups (broad SMARTS) is 1. The van der Waals surface area contributed by atoms with E-state index in [1.807, 2.05) is 32.0 Å². The van der Waals surface area contributed by atoms with Crippen LogP contribution in [0.5, 0.6) is 0 Å². The minimum Gasteiger partial charge on any atom is -0.477 e. The average molecular weight is 231 g/mol. The Morgan fingerprint density at radius 3 is 2.59 bits per heavy atom. The number of hydrogen-bond donors (Lipinski definition) is 2. The standard InChI is InChI=1S/C12H13N3O2/c1-7-3-4-9(5-8(7)2)15-11(13)10(6-14-15)12(16)17/h3-6H,13H2,1-2H3,(H,16,17). The van der Waals surface area contributed by atoms with E-state index in [2.05, 4.69) is 5.10 Å². The summed E-state index contributed by atoms with van der Waals surface area (Å²) in [7, 11) is 0. The first-order valence-corrected chi connectivity index (χ1v) is 5.15. The molecule has 5 nitrogen and oxygen atoms in total. The molecule has 1 aromatic heterocycles. The van der Waals surface area contributed by atoms with E-state index in [1.165, 1.54) is 10.9 Å². The lowest BCUT2D eigenvalue weighted by atomic mass is 10.1. The van der Waals surface area contributed by atoms with Crippen LogP contribution in [-0.2, 0) is 0 Å². The van der Waals surface area contributed by atoms with Crippen LogP contribution >= 0.6 is 0 Å². The van der Waals surface area contributed by atoms with Gasteiger partial charge in [-0.2, -0.15) is 5.10 Å². The number of anilines is 1. The van der Waals surface area contributed by atoms with Gasteiger partial charge in [0, 0.05) is 0 Å². The van der Waals surface area contributed by atoms with Crippen molar-refractivity contribution in [3.63, 3.8) is 0 Å². The number of carbonyl (C=O) groups is 1. The van der Waals surface area contributed by atoms with Crippen molar-refractivity contribution in [1.82, 2.24) is 9.78 Å². The molecule has 0 unspecified atom stereocenters. The van der Waals surface area contributed by atoms with Crippen LogP contribution in [-0.4, -0.2) is 20.9 Å². The molecule has 0 amide bonds. The highest BCUT2D eigenvalue weighted by molar-refractivity contribution is 5.92. The van der Waals surface area contributed by atoms with Crippen molar-refractivity contribution in [3.8, 4) is 5.69 Å². The Balaban J connectivity index is 2.53. The molecule has 17 heavy (non-hydrogen) atoms. The molecule has 88 valence electrons. The molecule has 0 bridgehead atoms. The molecule has 2 rings (SSSR count). The highest BCUT2D eigenvalue weighted by atomic mass is 16.4. The van der Waals surface area contributed by atoms with Crippen molar-refractivity contribution in [2.45, 2.75) is 13.8 Å². The molecule has 2 aromatic rings. The van der Waals surface area contributed by atoms with Crippen LogP contribution in [0.15, 0.2) is 24.4 Å². The normalized spacial score (nSPS) is 10.5. The average Bonchev–Trinajstić information content (AvgIpc) is 2.64. The fourth-order valence-electron chi connectivity index (χ4n) is 1.59. The third kappa shape index (κ3) is 1.87. The topological polar surface area (TPSA) is 81.1 Å². The molecule has 5 heteroatoms. The lowest BCUT2D eigenvalue weighted by molar-refractivity contribution is 0.0698. The van der Waals surface area contributed by atoms with Gasteiger partial charge >= 0.3 is 5.97 Å². The Labute approximate surface area is 98.5 Å². The highest BCUT2D eigenvalue weighted by Gasteiger charge is 2.14. The van der Waals surface area contributed by atoms with Crippen molar-refractivity contribution in [2.75, 3.05) is 5.73 Å². The molecular weight excluding hydrogens is 218 g/mol. The zero-order chi connectivity index (χ0) is 12.6. The smallest absolute Gasteiger partial charge is 0.341 e. The molecule has 3 N–H and O–H groups in total. The zero-order valence-electron chi connectivity index (χ0n) is 9.64. The molecule has 1 aromatic carbocycles. The number of benzene rings is 1. The van der Waals surface area contributed by atoms with E-state index < -0.39 is 5.97 Å². The van der Waals surface area contributed by atoms with E-state index in [-0.39, 0.29) is 11.4 Å². The lowest BCUT2D eigenvalue weighted by Gasteiger charge is -2.07. The number of hydrogen-bond acceptors (Lipinski definition) is 3. The molecule has 0 atom stereocenters. The number of aromatic nitrogens is 2. The van der Waals surface area contributed by atoms with Gasteiger partial charge in [-0.1, -0.05) is 6.07 Å². The maximum absolute atomic E-state index is 10.9. The molecular formula is C12H13N3O2. The Hall–Kier alpha value is -2.30. The first-order chi connectivity index (χ1) is 8.00. The fourth-order valence-corrected chi connectivity index (χ4v) is 1.59. The second-order valence-corrected chi connectivity index (χ2v) is 3.93. The minimum absolute atomic E-state index is 0.0169. The molecule has 0 radical (unpaired) electrons. The lowest BCUT2D eigenvalue weighted by Crippen LogP contribution is -2.06. The third-order valence-electron chi connectivity index (χ3n) is 2.77. The number of nitrogens with zero attached hydrogens (tertiary/aromatic N) is 2. The van der Waals surface area contributed by atoms with Gasteiger partial charge in [0.2, 0.25) is 0 Å². The van der Waals surface area contributed by atoms with Gasteiger partial charge in [0.25, 0.3) is 0 Å². The summed E-state index contributed by atoms with van der Waals surface area (Å²) in [5.41, 5.74) is 8.79. The van der Waals surface area contributed by atoms with E-state index in [1.54, 1.807) is 0 Å². The van der Waals surface area contributed by atoms with Gasteiger partial charge in [0.15, 0.2) is 0 Å². The number of rotatable bonds is 2. The predicted octanol–water partition coefficient (Wildman–Crippen LogP) is 1.77. The molecule has 0 fully saturated rings. The van der Waals surface area contributed by atoms with E-state index in [0.717, 1.165) is 16.8 Å². The van der Waals surface area contributed by atoms with E-state index in [9.17, 15) is 4.79 Å². The van der Waals surface area contributed by atoms with E-state index in [0.29, 0.717) is 0 Å². The van der Waals surface area contributed by atoms with Crippen molar-refractivity contribution >= 4 is 11.8 Å². The van der Waals surface area contributed by atoms with E-state index in [4.69, 9.17) is 10.8 Å². The SMILES string of the molecule is Cc1ccc(-n2ncc(C(=O)O)c2N)cc1C. The summed E-state index contributed by atoms with van der Waals surface area (Å²) >= 11 is 0. The third-order valence-corrected chi connectivity index (χ3v) is 2.77. The molecule has 0 spiro atoms. The summed E-state index contributed by atoms with van der Waals surface area (Å²) in [5.74, 6) is -0.932. The molecule has 0 aliphatic heterocycles. The number of nitrogen functional groups attached to an aromatic ring is 1. The van der Waals surface area contributed by atoms with Gasteiger partial charge in [-0.25, -0.2) is 9.48 Å². The molecule has 1 heterocycles. The van der Waals surface area contributed by atoms with Crippen molar-refractivity contribution in [2.24, 2.45) is 0 Å². The first-order valence-electron chi connectivity index (χ1n) is 5.15. The number of nitrogens with two attached hydrogens (primary N) is 1. The van der Waals surface area contributed by atoms with Crippen molar-refractivity contribution in [3.05, 3.63) is 41.1 Å². The molecule has 0 aliphatic rings. The van der Waals surface area contributed by atoms with Gasteiger partial charge in [0.1, 0.15) is 11.4 Å².